The Balaban J connectivity index is 1.62. The van der Waals surface area contributed by atoms with Crippen molar-refractivity contribution in [1.29, 1.82) is 0 Å². The van der Waals surface area contributed by atoms with E-state index in [0.717, 1.165) is 32.4 Å². The van der Waals surface area contributed by atoms with Gasteiger partial charge in [0.15, 0.2) is 0 Å². The molecule has 1 atom stereocenters. The molecule has 2 saturated heterocycles. The molecule has 0 aliphatic carbocycles. The number of hydrogen-bond donors (Lipinski definition) is 1. The molecule has 2 aliphatic heterocycles. The van der Waals surface area contributed by atoms with E-state index < -0.39 is 5.91 Å². The molecule has 1 spiro atoms. The first-order valence-corrected chi connectivity index (χ1v) is 8.17. The SMILES string of the molecule is COCCN1CCC[C@]2(CCN(Cc3nc(C(N)=O)no3)C2)C1=O. The van der Waals surface area contributed by atoms with Crippen LogP contribution in [0.5, 0.6) is 0 Å². The third-order valence-electron chi connectivity index (χ3n) is 4.87. The molecule has 9 heteroatoms. The van der Waals surface area contributed by atoms with Crippen molar-refractivity contribution in [2.45, 2.75) is 25.8 Å². The Labute approximate surface area is 140 Å². The van der Waals surface area contributed by atoms with Gasteiger partial charge in [0.2, 0.25) is 11.8 Å². The van der Waals surface area contributed by atoms with Gasteiger partial charge in [0, 0.05) is 26.7 Å². The van der Waals surface area contributed by atoms with E-state index in [0.29, 0.717) is 32.1 Å². The van der Waals surface area contributed by atoms with Crippen molar-refractivity contribution in [2.24, 2.45) is 11.1 Å². The topological polar surface area (TPSA) is 115 Å². The average molecular weight is 337 g/mol. The molecule has 0 radical (unpaired) electrons. The van der Waals surface area contributed by atoms with E-state index >= 15 is 0 Å². The monoisotopic (exact) mass is 337 g/mol. The quantitative estimate of drug-likeness (QED) is 0.753. The molecule has 132 valence electrons. The summed E-state index contributed by atoms with van der Waals surface area (Å²) in [4.78, 5) is 31.9. The predicted octanol–water partition coefficient (Wildman–Crippen LogP) is -0.371. The average Bonchev–Trinajstić information content (AvgIpc) is 3.18. The molecule has 3 heterocycles. The van der Waals surface area contributed by atoms with Gasteiger partial charge in [0.1, 0.15) is 0 Å². The van der Waals surface area contributed by atoms with Gasteiger partial charge in [-0.3, -0.25) is 14.5 Å². The molecule has 0 unspecified atom stereocenters. The molecule has 2 fully saturated rings. The van der Waals surface area contributed by atoms with E-state index in [1.165, 1.54) is 0 Å². The van der Waals surface area contributed by atoms with Gasteiger partial charge in [-0.1, -0.05) is 5.16 Å². The zero-order valence-electron chi connectivity index (χ0n) is 13.9. The Bertz CT molecular complexity index is 619. The van der Waals surface area contributed by atoms with E-state index in [2.05, 4.69) is 15.0 Å². The Hall–Kier alpha value is -2.00. The van der Waals surface area contributed by atoms with E-state index in [1.807, 2.05) is 4.90 Å². The number of likely N-dealkylation sites (tertiary alicyclic amines) is 2. The van der Waals surface area contributed by atoms with Gasteiger partial charge in [-0.25, -0.2) is 0 Å². The molecule has 2 N–H and O–H groups in total. The van der Waals surface area contributed by atoms with Gasteiger partial charge >= 0.3 is 0 Å². The van der Waals surface area contributed by atoms with Crippen molar-refractivity contribution in [3.63, 3.8) is 0 Å². The van der Waals surface area contributed by atoms with Gasteiger partial charge in [0.25, 0.3) is 11.7 Å². The number of piperidine rings is 1. The first-order valence-electron chi connectivity index (χ1n) is 8.17. The fraction of sp³-hybridized carbons (Fsp3) is 0.733. The second kappa shape index (κ2) is 6.86. The van der Waals surface area contributed by atoms with E-state index in [1.54, 1.807) is 7.11 Å². The number of aromatic nitrogens is 2. The predicted molar refractivity (Wildman–Crippen MR) is 82.8 cm³/mol. The zero-order valence-corrected chi connectivity index (χ0v) is 13.9. The fourth-order valence-corrected chi connectivity index (χ4v) is 3.65. The third-order valence-corrected chi connectivity index (χ3v) is 4.87. The summed E-state index contributed by atoms with van der Waals surface area (Å²) in [6, 6.07) is 0. The van der Waals surface area contributed by atoms with Crippen LogP contribution in [-0.2, 0) is 16.1 Å². The van der Waals surface area contributed by atoms with Crippen molar-refractivity contribution in [3.8, 4) is 0 Å². The summed E-state index contributed by atoms with van der Waals surface area (Å²) in [5.74, 6) is -0.255. The molecule has 0 bridgehead atoms. The van der Waals surface area contributed by atoms with Gasteiger partial charge in [-0.2, -0.15) is 4.98 Å². The molecular weight excluding hydrogens is 314 g/mol. The lowest BCUT2D eigenvalue weighted by atomic mass is 9.78. The van der Waals surface area contributed by atoms with E-state index in [4.69, 9.17) is 15.0 Å². The Morgan fingerprint density at radius 1 is 1.42 bits per heavy atom. The summed E-state index contributed by atoms with van der Waals surface area (Å²) in [5, 5.41) is 3.55. The highest BCUT2D eigenvalue weighted by Gasteiger charge is 2.48. The largest absolute Gasteiger partial charge is 0.383 e. The number of amides is 2. The van der Waals surface area contributed by atoms with Crippen LogP contribution in [0.25, 0.3) is 0 Å². The molecule has 24 heavy (non-hydrogen) atoms. The lowest BCUT2D eigenvalue weighted by Crippen LogP contribution is -2.50. The number of methoxy groups -OCH3 is 1. The normalized spacial score (nSPS) is 24.9. The number of primary amides is 1. The summed E-state index contributed by atoms with van der Waals surface area (Å²) in [6.07, 6.45) is 2.74. The molecule has 0 saturated carbocycles. The maximum absolute atomic E-state index is 12.9. The lowest BCUT2D eigenvalue weighted by Gasteiger charge is -2.39. The number of nitrogens with two attached hydrogens (primary N) is 1. The highest BCUT2D eigenvalue weighted by molar-refractivity contribution is 5.88. The first-order chi connectivity index (χ1) is 11.5. The van der Waals surface area contributed by atoms with E-state index in [-0.39, 0.29) is 17.1 Å². The van der Waals surface area contributed by atoms with Gasteiger partial charge in [-0.05, 0) is 25.8 Å². The number of carbonyl (C=O) groups is 2. The van der Waals surface area contributed by atoms with Crippen LogP contribution in [0.2, 0.25) is 0 Å². The van der Waals surface area contributed by atoms with Gasteiger partial charge < -0.3 is 19.9 Å². The van der Waals surface area contributed by atoms with Crippen molar-refractivity contribution < 1.29 is 18.8 Å². The number of nitrogens with zero attached hydrogens (tertiary/aromatic N) is 4. The number of rotatable bonds is 6. The highest BCUT2D eigenvalue weighted by atomic mass is 16.5. The van der Waals surface area contributed by atoms with Crippen LogP contribution in [0.1, 0.15) is 35.8 Å². The van der Waals surface area contributed by atoms with Crippen molar-refractivity contribution in [3.05, 3.63) is 11.7 Å². The zero-order chi connectivity index (χ0) is 17.2. The number of hydrogen-bond acceptors (Lipinski definition) is 7. The highest BCUT2D eigenvalue weighted by Crippen LogP contribution is 2.40. The fourth-order valence-electron chi connectivity index (χ4n) is 3.65. The maximum Gasteiger partial charge on any atom is 0.290 e. The molecule has 2 aliphatic rings. The molecule has 2 amide bonds. The van der Waals surface area contributed by atoms with Crippen LogP contribution in [0.15, 0.2) is 4.52 Å². The van der Waals surface area contributed by atoms with Crippen LogP contribution in [0, 0.1) is 5.41 Å². The van der Waals surface area contributed by atoms with E-state index in [9.17, 15) is 9.59 Å². The summed E-state index contributed by atoms with van der Waals surface area (Å²) < 4.78 is 10.1. The van der Waals surface area contributed by atoms with Crippen molar-refractivity contribution in [2.75, 3.05) is 39.9 Å². The van der Waals surface area contributed by atoms with Gasteiger partial charge in [0.05, 0.1) is 18.6 Å². The minimum absolute atomic E-state index is 0.113. The minimum atomic E-state index is -0.709. The van der Waals surface area contributed by atoms with Crippen molar-refractivity contribution in [1.82, 2.24) is 19.9 Å². The number of carbonyl (C=O) groups excluding carboxylic acids is 2. The molecule has 1 aromatic rings. The molecule has 9 nitrogen and oxygen atoms in total. The molecule has 3 rings (SSSR count). The van der Waals surface area contributed by atoms with Crippen LogP contribution in [-0.4, -0.2) is 71.7 Å². The van der Waals surface area contributed by atoms with Crippen molar-refractivity contribution >= 4 is 11.8 Å². The Morgan fingerprint density at radius 3 is 2.96 bits per heavy atom. The Morgan fingerprint density at radius 2 is 2.25 bits per heavy atom. The summed E-state index contributed by atoms with van der Waals surface area (Å²) in [7, 11) is 1.65. The summed E-state index contributed by atoms with van der Waals surface area (Å²) in [6.45, 7) is 3.89. The standard InChI is InChI=1S/C15H23N5O4/c1-23-8-7-20-5-2-3-15(14(20)22)4-6-19(10-15)9-11-17-13(12(16)21)18-24-11/h2-10H2,1H3,(H2,16,21)/t15-/m1/s1. The van der Waals surface area contributed by atoms with Crippen LogP contribution < -0.4 is 5.73 Å². The van der Waals surface area contributed by atoms with Crippen LogP contribution >= 0.6 is 0 Å². The maximum atomic E-state index is 12.9. The number of ether oxygens (including phenoxy) is 1. The Kier molecular flexibility index (Phi) is 4.81. The smallest absolute Gasteiger partial charge is 0.290 e. The molecular formula is C15H23N5O4. The van der Waals surface area contributed by atoms with Crippen LogP contribution in [0.3, 0.4) is 0 Å². The molecule has 0 aromatic carbocycles. The van der Waals surface area contributed by atoms with Crippen LogP contribution in [0.4, 0.5) is 0 Å². The second-order valence-corrected chi connectivity index (χ2v) is 6.51. The minimum Gasteiger partial charge on any atom is -0.383 e. The third kappa shape index (κ3) is 3.27. The van der Waals surface area contributed by atoms with Gasteiger partial charge in [-0.15, -0.1) is 0 Å². The lowest BCUT2D eigenvalue weighted by molar-refractivity contribution is -0.146. The first kappa shape index (κ1) is 16.8. The summed E-state index contributed by atoms with van der Waals surface area (Å²) in [5.41, 5.74) is 4.80. The molecule has 1 aromatic heterocycles. The second-order valence-electron chi connectivity index (χ2n) is 6.51. The summed E-state index contributed by atoms with van der Waals surface area (Å²) >= 11 is 0.